The fourth-order valence-electron chi connectivity index (χ4n) is 2.66. The highest BCUT2D eigenvalue weighted by Gasteiger charge is 2.28. The van der Waals surface area contributed by atoms with Crippen LogP contribution >= 0.6 is 0 Å². The maximum Gasteiger partial charge on any atom is 0.239 e. The lowest BCUT2D eigenvalue weighted by atomic mass is 9.83. The monoisotopic (exact) mass is 362 g/mol. The van der Waals surface area contributed by atoms with E-state index in [9.17, 15) is 14.4 Å². The molecular weight excluding hydrogens is 343 g/mol. The Bertz CT molecular complexity index is 835. The molecule has 1 amide bonds. The second-order valence-corrected chi connectivity index (χ2v) is 6.19. The minimum absolute atomic E-state index is 0.00881. The number of benzene rings is 1. The van der Waals surface area contributed by atoms with Gasteiger partial charge < -0.3 is 10.6 Å². The summed E-state index contributed by atoms with van der Waals surface area (Å²) in [4.78, 5) is 16.1. The van der Waals surface area contributed by atoms with Crippen molar-refractivity contribution in [1.29, 1.82) is 0 Å². The number of amidine groups is 1. The van der Waals surface area contributed by atoms with E-state index in [1.54, 1.807) is 6.07 Å². The van der Waals surface area contributed by atoms with Gasteiger partial charge in [0.15, 0.2) is 11.5 Å². The molecule has 1 aliphatic carbocycles. The number of fused-ring (bicyclic) bond motifs is 1. The molecule has 26 heavy (non-hydrogen) atoms. The second-order valence-electron chi connectivity index (χ2n) is 6.19. The van der Waals surface area contributed by atoms with E-state index in [0.29, 0.717) is 6.42 Å². The molecule has 0 fully saturated rings. The number of nitrogens with zero attached hydrogens (tertiary/aromatic N) is 3. The van der Waals surface area contributed by atoms with Crippen molar-refractivity contribution >= 4 is 17.6 Å². The summed E-state index contributed by atoms with van der Waals surface area (Å²) < 4.78 is 18.1. The SMILES string of the molecule is CC(C)NC(=O)CNc1nonc1C(=NC1Cc2ccc(F)cc21)NO. The zero-order valence-electron chi connectivity index (χ0n) is 14.3. The van der Waals surface area contributed by atoms with Crippen molar-refractivity contribution < 1.29 is 19.0 Å². The number of hydrogen-bond acceptors (Lipinski definition) is 7. The maximum atomic E-state index is 13.4. The third-order valence-corrected chi connectivity index (χ3v) is 3.85. The molecule has 1 heterocycles. The molecule has 0 radical (unpaired) electrons. The van der Waals surface area contributed by atoms with Crippen molar-refractivity contribution in [2.24, 2.45) is 4.99 Å². The van der Waals surface area contributed by atoms with Gasteiger partial charge in [0.1, 0.15) is 5.82 Å². The third-order valence-electron chi connectivity index (χ3n) is 3.85. The van der Waals surface area contributed by atoms with Gasteiger partial charge in [-0.1, -0.05) is 6.07 Å². The number of aromatic nitrogens is 2. The summed E-state index contributed by atoms with van der Waals surface area (Å²) in [6, 6.07) is 4.22. The van der Waals surface area contributed by atoms with E-state index in [1.165, 1.54) is 12.1 Å². The van der Waals surface area contributed by atoms with E-state index < -0.39 is 0 Å². The topological polar surface area (TPSA) is 125 Å². The molecule has 10 heteroatoms. The Kier molecular flexibility index (Phi) is 5.12. The Hall–Kier alpha value is -3.01. The second kappa shape index (κ2) is 7.48. The number of carbonyl (C=O) groups excluding carboxylic acids is 1. The number of amides is 1. The summed E-state index contributed by atoms with van der Waals surface area (Å²) in [5.74, 6) is -0.405. The van der Waals surface area contributed by atoms with Crippen LogP contribution in [0, 0.1) is 5.82 Å². The molecule has 0 bridgehead atoms. The number of hydroxylamine groups is 1. The molecule has 0 saturated heterocycles. The molecule has 3 rings (SSSR count). The quantitative estimate of drug-likeness (QED) is 0.345. The van der Waals surface area contributed by atoms with Gasteiger partial charge >= 0.3 is 0 Å². The van der Waals surface area contributed by atoms with E-state index in [2.05, 4.69) is 30.6 Å². The summed E-state index contributed by atoms with van der Waals surface area (Å²) in [6.07, 6.45) is 0.617. The lowest BCUT2D eigenvalue weighted by Crippen LogP contribution is -2.35. The van der Waals surface area contributed by atoms with Crippen LogP contribution in [0.3, 0.4) is 0 Å². The van der Waals surface area contributed by atoms with Gasteiger partial charge in [-0.15, -0.1) is 0 Å². The average molecular weight is 362 g/mol. The smallest absolute Gasteiger partial charge is 0.239 e. The van der Waals surface area contributed by atoms with Crippen LogP contribution < -0.4 is 16.1 Å². The number of anilines is 1. The van der Waals surface area contributed by atoms with Crippen LogP contribution in [0.15, 0.2) is 27.8 Å². The number of aliphatic imine (C=N–C) groups is 1. The average Bonchev–Trinajstić information content (AvgIpc) is 3.04. The standard InChI is InChI=1S/C16H19FN6O3/c1-8(2)19-13(24)7-18-15-14(22-26-23-15)16(21-25)20-12-5-9-3-4-10(17)6-11(9)12/h3-4,6,8,12,25H,5,7H2,1-2H3,(H,18,23)(H,19,24)(H,20,21). The van der Waals surface area contributed by atoms with Gasteiger partial charge in [-0.05, 0) is 53.8 Å². The summed E-state index contributed by atoms with van der Waals surface area (Å²) in [6.45, 7) is 3.65. The van der Waals surface area contributed by atoms with Gasteiger partial charge in [0.05, 0.1) is 12.6 Å². The fraction of sp³-hybridized carbons (Fsp3) is 0.375. The molecular formula is C16H19FN6O3. The van der Waals surface area contributed by atoms with Crippen molar-refractivity contribution in [1.82, 2.24) is 21.1 Å². The van der Waals surface area contributed by atoms with Crippen LogP contribution in [0.4, 0.5) is 10.2 Å². The van der Waals surface area contributed by atoms with E-state index >= 15 is 0 Å². The van der Waals surface area contributed by atoms with E-state index in [1.807, 2.05) is 19.3 Å². The van der Waals surface area contributed by atoms with Crippen LogP contribution in [0.2, 0.25) is 0 Å². The number of nitrogens with one attached hydrogen (secondary N) is 3. The Morgan fingerprint density at radius 2 is 2.27 bits per heavy atom. The first-order valence-corrected chi connectivity index (χ1v) is 8.10. The third kappa shape index (κ3) is 3.80. The summed E-state index contributed by atoms with van der Waals surface area (Å²) >= 11 is 0. The van der Waals surface area contributed by atoms with Crippen LogP contribution in [-0.2, 0) is 11.2 Å². The molecule has 4 N–H and O–H groups in total. The minimum atomic E-state index is -0.344. The van der Waals surface area contributed by atoms with E-state index in [0.717, 1.165) is 11.1 Å². The molecule has 1 aliphatic rings. The van der Waals surface area contributed by atoms with Gasteiger partial charge in [0.25, 0.3) is 0 Å². The fourth-order valence-corrected chi connectivity index (χ4v) is 2.66. The predicted molar refractivity (Wildman–Crippen MR) is 90.4 cm³/mol. The first-order valence-electron chi connectivity index (χ1n) is 8.10. The van der Waals surface area contributed by atoms with Gasteiger partial charge in [0.2, 0.25) is 11.7 Å². The molecule has 1 unspecified atom stereocenters. The zero-order valence-corrected chi connectivity index (χ0v) is 14.3. The van der Waals surface area contributed by atoms with Crippen molar-refractivity contribution in [2.75, 3.05) is 11.9 Å². The molecule has 1 aromatic heterocycles. The molecule has 1 atom stereocenters. The number of rotatable bonds is 6. The van der Waals surface area contributed by atoms with Crippen LogP contribution in [0.5, 0.6) is 0 Å². The first-order chi connectivity index (χ1) is 12.5. The van der Waals surface area contributed by atoms with Crippen LogP contribution in [0.1, 0.15) is 36.7 Å². The number of halogens is 1. The van der Waals surface area contributed by atoms with E-state index in [4.69, 9.17) is 0 Å². The molecule has 2 aromatic rings. The number of hydrogen-bond donors (Lipinski definition) is 4. The molecule has 138 valence electrons. The van der Waals surface area contributed by atoms with Gasteiger partial charge in [-0.2, -0.15) is 0 Å². The zero-order chi connectivity index (χ0) is 18.7. The Morgan fingerprint density at radius 3 is 3.00 bits per heavy atom. The molecule has 0 saturated carbocycles. The van der Waals surface area contributed by atoms with Crippen molar-refractivity contribution in [3.8, 4) is 0 Å². The number of carbonyl (C=O) groups is 1. The van der Waals surface area contributed by atoms with Crippen molar-refractivity contribution in [3.63, 3.8) is 0 Å². The van der Waals surface area contributed by atoms with Gasteiger partial charge in [0, 0.05) is 6.04 Å². The van der Waals surface area contributed by atoms with Crippen molar-refractivity contribution in [3.05, 3.63) is 40.8 Å². The normalized spacial score (nSPS) is 16.0. The molecule has 0 aliphatic heterocycles. The Labute approximate surface area is 148 Å². The highest BCUT2D eigenvalue weighted by molar-refractivity contribution is 6.00. The predicted octanol–water partition coefficient (Wildman–Crippen LogP) is 1.17. The summed E-state index contributed by atoms with van der Waals surface area (Å²) in [7, 11) is 0. The first kappa shape index (κ1) is 17.8. The summed E-state index contributed by atoms with van der Waals surface area (Å²) in [5.41, 5.74) is 3.83. The maximum absolute atomic E-state index is 13.4. The largest absolute Gasteiger partial charge is 0.356 e. The van der Waals surface area contributed by atoms with Crippen molar-refractivity contribution in [2.45, 2.75) is 32.4 Å². The van der Waals surface area contributed by atoms with Gasteiger partial charge in [-0.3, -0.25) is 20.5 Å². The van der Waals surface area contributed by atoms with E-state index in [-0.39, 0.29) is 47.7 Å². The Morgan fingerprint density at radius 1 is 1.46 bits per heavy atom. The summed E-state index contributed by atoms with van der Waals surface area (Å²) in [5, 5.41) is 22.3. The van der Waals surface area contributed by atoms with Crippen LogP contribution in [-0.4, -0.2) is 39.8 Å². The highest BCUT2D eigenvalue weighted by Crippen LogP contribution is 2.36. The molecule has 1 aromatic carbocycles. The lowest BCUT2D eigenvalue weighted by molar-refractivity contribution is -0.119. The Balaban J connectivity index is 1.73. The molecule has 9 nitrogen and oxygen atoms in total. The van der Waals surface area contributed by atoms with Gasteiger partial charge in [-0.25, -0.2) is 9.02 Å². The highest BCUT2D eigenvalue weighted by atomic mass is 19.1. The minimum Gasteiger partial charge on any atom is -0.356 e. The lowest BCUT2D eigenvalue weighted by Gasteiger charge is -2.27. The van der Waals surface area contributed by atoms with Crippen LogP contribution in [0.25, 0.3) is 0 Å². The molecule has 0 spiro atoms.